The summed E-state index contributed by atoms with van der Waals surface area (Å²) >= 11 is 1.33. The summed E-state index contributed by atoms with van der Waals surface area (Å²) in [6.45, 7) is 1.59. The molecule has 0 bridgehead atoms. The van der Waals surface area contributed by atoms with Crippen LogP contribution in [0.25, 0.3) is 0 Å². The van der Waals surface area contributed by atoms with Crippen molar-refractivity contribution >= 4 is 16.9 Å². The monoisotopic (exact) mass is 266 g/mol. The van der Waals surface area contributed by atoms with Crippen molar-refractivity contribution in [3.05, 3.63) is 71.3 Å². The fourth-order valence-electron chi connectivity index (χ4n) is 1.54. The predicted molar refractivity (Wildman–Crippen MR) is 80.8 cm³/mol. The zero-order chi connectivity index (χ0) is 13.5. The first-order valence-corrected chi connectivity index (χ1v) is 7.02. The van der Waals surface area contributed by atoms with Gasteiger partial charge in [0.25, 0.3) is 0 Å². The average molecular weight is 266 g/mol. The Bertz CT molecular complexity index is 603. The van der Waals surface area contributed by atoms with Gasteiger partial charge in [0.2, 0.25) is 0 Å². The molecule has 19 heavy (non-hydrogen) atoms. The molecule has 0 aliphatic rings. The molecule has 2 rings (SSSR count). The molecule has 2 aromatic rings. The molecule has 0 aromatic heterocycles. The Morgan fingerprint density at radius 1 is 0.947 bits per heavy atom. The lowest BCUT2D eigenvalue weighted by atomic mass is 10.1. The number of carbonyl (C=O) groups is 1. The molecule has 0 heterocycles. The molecule has 0 amide bonds. The second kappa shape index (κ2) is 6.82. The lowest BCUT2D eigenvalue weighted by Crippen LogP contribution is -1.86. The van der Waals surface area contributed by atoms with Crippen LogP contribution in [0.15, 0.2) is 54.6 Å². The Balaban J connectivity index is 2.03. The topological polar surface area (TPSA) is 17.1 Å². The fraction of sp³-hybridized carbons (Fsp3) is 0.118. The standard InChI is InChI=1S/C17H14OS/c1-14(18)19-13-17-11-9-16(10-12-17)8-7-15-5-3-2-4-6-15/h2-6,9-12H,13H2,1H3. The van der Waals surface area contributed by atoms with E-state index in [1.165, 1.54) is 11.8 Å². The highest BCUT2D eigenvalue weighted by Crippen LogP contribution is 2.13. The first-order valence-electron chi connectivity index (χ1n) is 6.03. The van der Waals surface area contributed by atoms with Gasteiger partial charge in [0.05, 0.1) is 0 Å². The van der Waals surface area contributed by atoms with Gasteiger partial charge in [-0.3, -0.25) is 4.79 Å². The maximum Gasteiger partial charge on any atom is 0.186 e. The van der Waals surface area contributed by atoms with Crippen LogP contribution in [0.5, 0.6) is 0 Å². The van der Waals surface area contributed by atoms with Crippen LogP contribution in [0.3, 0.4) is 0 Å². The SMILES string of the molecule is CC(=O)SCc1ccc(C#Cc2ccccc2)cc1. The molecule has 0 unspecified atom stereocenters. The molecule has 94 valence electrons. The Labute approximate surface area is 118 Å². The molecule has 0 atom stereocenters. The summed E-state index contributed by atoms with van der Waals surface area (Å²) < 4.78 is 0. The smallest absolute Gasteiger partial charge is 0.186 e. The molecule has 0 saturated heterocycles. The number of hydrogen-bond acceptors (Lipinski definition) is 2. The minimum atomic E-state index is 0.146. The zero-order valence-electron chi connectivity index (χ0n) is 10.7. The summed E-state index contributed by atoms with van der Waals surface area (Å²) in [5, 5.41) is 0.146. The van der Waals surface area contributed by atoms with Gasteiger partial charge in [-0.1, -0.05) is 53.9 Å². The number of carbonyl (C=O) groups excluding carboxylic acids is 1. The summed E-state index contributed by atoms with van der Waals surface area (Å²) in [5.74, 6) is 6.97. The summed E-state index contributed by atoms with van der Waals surface area (Å²) in [6, 6.07) is 17.9. The van der Waals surface area contributed by atoms with Crippen LogP contribution in [-0.2, 0) is 10.5 Å². The fourth-order valence-corrected chi connectivity index (χ4v) is 2.10. The van der Waals surface area contributed by atoms with E-state index in [9.17, 15) is 4.79 Å². The quantitative estimate of drug-likeness (QED) is 0.768. The number of benzene rings is 2. The van der Waals surface area contributed by atoms with Crippen LogP contribution in [0, 0.1) is 11.8 Å². The first kappa shape index (κ1) is 13.5. The number of rotatable bonds is 2. The molecule has 0 aliphatic carbocycles. The van der Waals surface area contributed by atoms with Crippen molar-refractivity contribution in [3.8, 4) is 11.8 Å². The maximum absolute atomic E-state index is 10.9. The molecule has 1 nitrogen and oxygen atoms in total. The van der Waals surface area contributed by atoms with Crippen molar-refractivity contribution in [1.82, 2.24) is 0 Å². The molecule has 0 N–H and O–H groups in total. The molecule has 0 spiro atoms. The highest BCUT2D eigenvalue weighted by Gasteiger charge is 1.96. The van der Waals surface area contributed by atoms with Gasteiger partial charge in [0, 0.05) is 23.8 Å². The maximum atomic E-state index is 10.9. The second-order valence-electron chi connectivity index (χ2n) is 4.09. The third-order valence-corrected chi connectivity index (χ3v) is 3.41. The summed E-state index contributed by atoms with van der Waals surface area (Å²) in [6.07, 6.45) is 0. The van der Waals surface area contributed by atoms with Crippen molar-refractivity contribution < 1.29 is 4.79 Å². The molecular formula is C17H14OS. The zero-order valence-corrected chi connectivity index (χ0v) is 11.5. The molecule has 2 aromatic carbocycles. The van der Waals surface area contributed by atoms with Crippen molar-refractivity contribution in [2.45, 2.75) is 12.7 Å². The van der Waals surface area contributed by atoms with Crippen molar-refractivity contribution in [3.63, 3.8) is 0 Å². The number of thioether (sulfide) groups is 1. The van der Waals surface area contributed by atoms with Gasteiger partial charge >= 0.3 is 0 Å². The van der Waals surface area contributed by atoms with Crippen LogP contribution in [0.2, 0.25) is 0 Å². The van der Waals surface area contributed by atoms with Crippen LogP contribution < -0.4 is 0 Å². The van der Waals surface area contributed by atoms with E-state index >= 15 is 0 Å². The Hall–Kier alpha value is -1.98. The van der Waals surface area contributed by atoms with E-state index in [1.54, 1.807) is 6.92 Å². The van der Waals surface area contributed by atoms with E-state index < -0.39 is 0 Å². The van der Waals surface area contributed by atoms with E-state index in [1.807, 2.05) is 54.6 Å². The summed E-state index contributed by atoms with van der Waals surface area (Å²) in [5.41, 5.74) is 3.14. The van der Waals surface area contributed by atoms with E-state index in [4.69, 9.17) is 0 Å². The minimum Gasteiger partial charge on any atom is -0.288 e. The van der Waals surface area contributed by atoms with Crippen LogP contribution in [-0.4, -0.2) is 5.12 Å². The van der Waals surface area contributed by atoms with Gasteiger partial charge in [-0.2, -0.15) is 0 Å². The third kappa shape index (κ3) is 4.65. The molecule has 2 heteroatoms. The predicted octanol–water partition coefficient (Wildman–Crippen LogP) is 3.87. The van der Waals surface area contributed by atoms with Gasteiger partial charge < -0.3 is 0 Å². The van der Waals surface area contributed by atoms with E-state index in [2.05, 4.69) is 11.8 Å². The Morgan fingerprint density at radius 3 is 2.11 bits per heavy atom. The first-order chi connectivity index (χ1) is 9.24. The van der Waals surface area contributed by atoms with Crippen LogP contribution in [0.4, 0.5) is 0 Å². The second-order valence-corrected chi connectivity index (χ2v) is 5.25. The lowest BCUT2D eigenvalue weighted by Gasteiger charge is -1.98. The highest BCUT2D eigenvalue weighted by atomic mass is 32.2. The third-order valence-electron chi connectivity index (χ3n) is 2.52. The largest absolute Gasteiger partial charge is 0.288 e. The van der Waals surface area contributed by atoms with Crippen molar-refractivity contribution in [2.24, 2.45) is 0 Å². The normalized spacial score (nSPS) is 9.53. The lowest BCUT2D eigenvalue weighted by molar-refractivity contribution is -0.109. The average Bonchev–Trinajstić information content (AvgIpc) is 2.45. The van der Waals surface area contributed by atoms with Gasteiger partial charge in [-0.25, -0.2) is 0 Å². The number of hydrogen-bond donors (Lipinski definition) is 0. The Kier molecular flexibility index (Phi) is 4.83. The molecular weight excluding hydrogens is 252 g/mol. The van der Waals surface area contributed by atoms with E-state index in [-0.39, 0.29) is 5.12 Å². The Morgan fingerprint density at radius 2 is 1.53 bits per heavy atom. The van der Waals surface area contributed by atoms with Crippen LogP contribution in [0.1, 0.15) is 23.6 Å². The van der Waals surface area contributed by atoms with Gasteiger partial charge in [-0.15, -0.1) is 0 Å². The van der Waals surface area contributed by atoms with E-state index in [0.29, 0.717) is 0 Å². The van der Waals surface area contributed by atoms with Gasteiger partial charge in [0.15, 0.2) is 5.12 Å². The summed E-state index contributed by atoms with van der Waals surface area (Å²) in [4.78, 5) is 10.9. The highest BCUT2D eigenvalue weighted by molar-refractivity contribution is 8.12. The summed E-state index contributed by atoms with van der Waals surface area (Å²) in [7, 11) is 0. The molecule has 0 radical (unpaired) electrons. The van der Waals surface area contributed by atoms with Gasteiger partial charge in [0.1, 0.15) is 0 Å². The van der Waals surface area contributed by atoms with Crippen molar-refractivity contribution in [1.29, 1.82) is 0 Å². The molecule has 0 fully saturated rings. The minimum absolute atomic E-state index is 0.146. The van der Waals surface area contributed by atoms with Crippen molar-refractivity contribution in [2.75, 3.05) is 0 Å². The van der Waals surface area contributed by atoms with Gasteiger partial charge in [-0.05, 0) is 29.8 Å². The molecule has 0 saturated carbocycles. The molecule has 0 aliphatic heterocycles. The van der Waals surface area contributed by atoms with E-state index in [0.717, 1.165) is 22.4 Å². The van der Waals surface area contributed by atoms with Crippen LogP contribution >= 0.6 is 11.8 Å².